The lowest BCUT2D eigenvalue weighted by atomic mass is 10.1. The minimum absolute atomic E-state index is 0.546. The molecule has 0 radical (unpaired) electrons. The molecule has 5 rings (SSSR count). The van der Waals surface area contributed by atoms with E-state index >= 15 is 0 Å². The third-order valence-electron chi connectivity index (χ3n) is 6.03. The first-order chi connectivity index (χ1) is 16.0. The molecular weight excluding hydrogens is 432 g/mol. The van der Waals surface area contributed by atoms with E-state index in [9.17, 15) is 4.21 Å². The van der Waals surface area contributed by atoms with Crippen molar-refractivity contribution in [1.82, 2.24) is 24.4 Å². The number of hydrogen-bond donors (Lipinski definition) is 1. The fraction of sp³-hybridized carbons (Fsp3) is 0.280. The van der Waals surface area contributed by atoms with Crippen molar-refractivity contribution in [3.63, 3.8) is 0 Å². The topological polar surface area (TPSA) is 65.8 Å². The number of nitrogens with one attached hydrogen (secondary N) is 1. The molecule has 1 aliphatic rings. The summed E-state index contributed by atoms with van der Waals surface area (Å²) in [7, 11) is 1.14. The molecule has 170 valence electrons. The van der Waals surface area contributed by atoms with Gasteiger partial charge in [-0.15, -0.1) is 5.10 Å². The van der Waals surface area contributed by atoms with Crippen molar-refractivity contribution >= 4 is 28.1 Å². The van der Waals surface area contributed by atoms with Gasteiger partial charge in [0.25, 0.3) is 0 Å². The zero-order chi connectivity index (χ0) is 22.8. The predicted molar refractivity (Wildman–Crippen MR) is 133 cm³/mol. The number of anilines is 2. The molecule has 3 heterocycles. The Morgan fingerprint density at radius 3 is 2.48 bits per heavy atom. The lowest BCUT2D eigenvalue weighted by Crippen LogP contribution is -2.43. The fourth-order valence-corrected chi connectivity index (χ4v) is 4.66. The van der Waals surface area contributed by atoms with E-state index in [-0.39, 0.29) is 0 Å². The van der Waals surface area contributed by atoms with Gasteiger partial charge in [-0.2, -0.15) is 4.98 Å². The van der Waals surface area contributed by atoms with E-state index in [1.54, 1.807) is 6.26 Å². The largest absolute Gasteiger partial charge is 0.323 e. The molecule has 7 nitrogen and oxygen atoms in total. The molecule has 1 aliphatic heterocycles. The van der Waals surface area contributed by atoms with Gasteiger partial charge in [0, 0.05) is 65.9 Å². The minimum atomic E-state index is -1.04. The van der Waals surface area contributed by atoms with Crippen molar-refractivity contribution < 1.29 is 4.21 Å². The van der Waals surface area contributed by atoms with Crippen LogP contribution >= 0.6 is 0 Å². The molecule has 1 unspecified atom stereocenters. The maximum Gasteiger partial charge on any atom is 0.247 e. The fourth-order valence-electron chi connectivity index (χ4n) is 4.10. The van der Waals surface area contributed by atoms with Gasteiger partial charge in [0.1, 0.15) is 0 Å². The molecule has 2 aromatic heterocycles. The summed E-state index contributed by atoms with van der Waals surface area (Å²) >= 11 is 0. The molecule has 0 aliphatic carbocycles. The summed E-state index contributed by atoms with van der Waals surface area (Å²) in [6.07, 6.45) is 1.69. The van der Waals surface area contributed by atoms with Crippen molar-refractivity contribution in [3.8, 4) is 11.3 Å². The van der Waals surface area contributed by atoms with Crippen molar-refractivity contribution in [1.29, 1.82) is 0 Å². The number of hydrogen-bond acceptors (Lipinski definition) is 6. The molecule has 0 amide bonds. The summed E-state index contributed by atoms with van der Waals surface area (Å²) in [6.45, 7) is 5.46. The normalized spacial score (nSPS) is 16.2. The Balaban J connectivity index is 1.33. The first-order valence-electron chi connectivity index (χ1n) is 11.1. The summed E-state index contributed by atoms with van der Waals surface area (Å²) in [6, 6.07) is 22.1. The molecular formula is C25H28N6OS. The molecule has 8 heteroatoms. The SMILES string of the molecule is CN1CCN(Cc2ccc(Nc3nc4cccc(-c5cccc(S(C)=O)c5)n4n3)cc2)CC1. The number of fused-ring (bicyclic) bond motifs is 1. The summed E-state index contributed by atoms with van der Waals surface area (Å²) in [4.78, 5) is 10.3. The molecule has 1 N–H and O–H groups in total. The quantitative estimate of drug-likeness (QED) is 0.474. The second-order valence-electron chi connectivity index (χ2n) is 8.50. The molecule has 1 atom stereocenters. The van der Waals surface area contributed by atoms with E-state index in [2.05, 4.69) is 56.5 Å². The molecule has 0 bridgehead atoms. The monoisotopic (exact) mass is 460 g/mol. The number of aromatic nitrogens is 3. The highest BCUT2D eigenvalue weighted by atomic mass is 32.2. The highest BCUT2D eigenvalue weighted by molar-refractivity contribution is 7.84. The first kappa shape index (κ1) is 21.8. The van der Waals surface area contributed by atoms with Crippen LogP contribution in [-0.2, 0) is 17.3 Å². The van der Waals surface area contributed by atoms with Gasteiger partial charge < -0.3 is 10.2 Å². The van der Waals surface area contributed by atoms with Crippen LogP contribution in [0.2, 0.25) is 0 Å². The molecule has 4 aromatic rings. The zero-order valence-electron chi connectivity index (χ0n) is 18.9. The Hall–Kier alpha value is -3.07. The zero-order valence-corrected chi connectivity index (χ0v) is 19.8. The molecule has 1 fully saturated rings. The van der Waals surface area contributed by atoms with E-state index in [0.29, 0.717) is 5.95 Å². The highest BCUT2D eigenvalue weighted by Crippen LogP contribution is 2.24. The number of pyridine rings is 1. The summed E-state index contributed by atoms with van der Waals surface area (Å²) in [5, 5.41) is 8.01. The van der Waals surface area contributed by atoms with Gasteiger partial charge in [-0.3, -0.25) is 9.11 Å². The number of likely N-dealkylation sites (N-methyl/N-ethyl adjacent to an activating group) is 1. The molecule has 2 aromatic carbocycles. The van der Waals surface area contributed by atoms with E-state index in [0.717, 1.165) is 60.2 Å². The number of benzene rings is 2. The van der Waals surface area contributed by atoms with Gasteiger partial charge in [-0.05, 0) is 49.0 Å². The van der Waals surface area contributed by atoms with E-state index in [4.69, 9.17) is 0 Å². The third kappa shape index (κ3) is 4.98. The Kier molecular flexibility index (Phi) is 6.22. The maximum absolute atomic E-state index is 11.9. The van der Waals surface area contributed by atoms with Crippen LogP contribution in [0.3, 0.4) is 0 Å². The highest BCUT2D eigenvalue weighted by Gasteiger charge is 2.14. The second kappa shape index (κ2) is 9.43. The molecule has 1 saturated heterocycles. The Morgan fingerprint density at radius 2 is 1.73 bits per heavy atom. The average molecular weight is 461 g/mol. The smallest absolute Gasteiger partial charge is 0.247 e. The summed E-state index contributed by atoms with van der Waals surface area (Å²) in [5.74, 6) is 0.546. The minimum Gasteiger partial charge on any atom is -0.323 e. The van der Waals surface area contributed by atoms with Crippen molar-refractivity contribution in [2.24, 2.45) is 0 Å². The predicted octanol–water partition coefficient (Wildman–Crippen LogP) is 3.62. The first-order valence-corrected chi connectivity index (χ1v) is 12.7. The van der Waals surface area contributed by atoms with Crippen LogP contribution in [0.15, 0.2) is 71.6 Å². The molecule has 0 saturated carbocycles. The lowest BCUT2D eigenvalue weighted by molar-refractivity contribution is 0.148. The second-order valence-corrected chi connectivity index (χ2v) is 9.88. The number of piperazine rings is 1. The van der Waals surface area contributed by atoms with Crippen molar-refractivity contribution in [2.75, 3.05) is 44.8 Å². The van der Waals surface area contributed by atoms with Gasteiger partial charge >= 0.3 is 0 Å². The standard InChI is InChI=1S/C25H28N6OS/c1-29-13-15-30(16-14-29)18-19-9-11-21(12-10-19)26-25-27-24-8-4-7-23(31(24)28-25)20-5-3-6-22(17-20)33(2)32/h3-12,17H,13-16,18H2,1-2H3,(H,26,28). The number of rotatable bonds is 6. The Labute approximate surface area is 196 Å². The van der Waals surface area contributed by atoms with Crippen LogP contribution in [-0.4, -0.2) is 68.1 Å². The Morgan fingerprint density at radius 1 is 0.970 bits per heavy atom. The van der Waals surface area contributed by atoms with E-state index < -0.39 is 10.8 Å². The van der Waals surface area contributed by atoms with Crippen LogP contribution < -0.4 is 5.32 Å². The van der Waals surface area contributed by atoms with Crippen LogP contribution in [0.4, 0.5) is 11.6 Å². The summed E-state index contributed by atoms with van der Waals surface area (Å²) in [5.41, 5.74) is 4.88. The average Bonchev–Trinajstić information content (AvgIpc) is 3.24. The van der Waals surface area contributed by atoms with Gasteiger partial charge in [0.05, 0.1) is 5.69 Å². The lowest BCUT2D eigenvalue weighted by Gasteiger charge is -2.32. The Bertz CT molecular complexity index is 1280. The molecule has 33 heavy (non-hydrogen) atoms. The molecule has 0 spiro atoms. The van der Waals surface area contributed by atoms with E-state index in [1.165, 1.54) is 5.56 Å². The van der Waals surface area contributed by atoms with Gasteiger partial charge in [-0.25, -0.2) is 4.52 Å². The summed E-state index contributed by atoms with van der Waals surface area (Å²) < 4.78 is 13.7. The third-order valence-corrected chi connectivity index (χ3v) is 6.95. The van der Waals surface area contributed by atoms with Gasteiger partial charge in [0.15, 0.2) is 5.65 Å². The maximum atomic E-state index is 11.9. The van der Waals surface area contributed by atoms with Gasteiger partial charge in [-0.1, -0.05) is 30.3 Å². The van der Waals surface area contributed by atoms with Crippen LogP contribution in [0.1, 0.15) is 5.56 Å². The van der Waals surface area contributed by atoms with Crippen LogP contribution in [0.25, 0.3) is 16.9 Å². The van der Waals surface area contributed by atoms with Crippen LogP contribution in [0.5, 0.6) is 0 Å². The number of nitrogens with zero attached hydrogens (tertiary/aromatic N) is 5. The van der Waals surface area contributed by atoms with Crippen molar-refractivity contribution in [2.45, 2.75) is 11.4 Å². The van der Waals surface area contributed by atoms with E-state index in [1.807, 2.05) is 47.0 Å². The van der Waals surface area contributed by atoms with Crippen molar-refractivity contribution in [3.05, 3.63) is 72.3 Å². The van der Waals surface area contributed by atoms with Crippen LogP contribution in [0, 0.1) is 0 Å². The van der Waals surface area contributed by atoms with Gasteiger partial charge in [0.2, 0.25) is 5.95 Å².